The zero-order valence-corrected chi connectivity index (χ0v) is 15.7. The maximum absolute atomic E-state index is 12.5. The summed E-state index contributed by atoms with van der Waals surface area (Å²) in [6.07, 6.45) is 4.74. The van der Waals surface area contributed by atoms with E-state index >= 15 is 0 Å². The van der Waals surface area contributed by atoms with Crippen LogP contribution in [0.25, 0.3) is 0 Å². The Hall–Kier alpha value is -0.530. The van der Waals surface area contributed by atoms with Gasteiger partial charge in [-0.25, -0.2) is 0 Å². The van der Waals surface area contributed by atoms with Gasteiger partial charge in [-0.1, -0.05) is 59.9 Å². The lowest BCUT2D eigenvalue weighted by molar-refractivity contribution is -0.130. The second kappa shape index (κ2) is 8.93. The van der Waals surface area contributed by atoms with Crippen LogP contribution < -0.4 is 0 Å². The summed E-state index contributed by atoms with van der Waals surface area (Å²) in [7, 11) is 0. The van der Waals surface area contributed by atoms with Crippen LogP contribution in [0.2, 0.25) is 0 Å². The number of carbonyl (C=O) groups is 1. The molecule has 7 heteroatoms. The summed E-state index contributed by atoms with van der Waals surface area (Å²) in [5.74, 6) is 1.10. The van der Waals surface area contributed by atoms with E-state index in [4.69, 9.17) is 0 Å². The quantitative estimate of drug-likeness (QED) is 0.567. The maximum Gasteiger partial charge on any atom is 0.235 e. The van der Waals surface area contributed by atoms with Gasteiger partial charge in [-0.05, 0) is 26.7 Å². The van der Waals surface area contributed by atoms with E-state index in [1.54, 1.807) is 23.1 Å². The molecule has 1 aliphatic rings. The molecule has 0 saturated carbocycles. The Kier molecular flexibility index (Phi) is 7.24. The van der Waals surface area contributed by atoms with Crippen molar-refractivity contribution in [2.45, 2.75) is 53.5 Å². The van der Waals surface area contributed by atoms with Crippen molar-refractivity contribution in [3.05, 3.63) is 12.2 Å². The van der Waals surface area contributed by atoms with Crippen LogP contribution >= 0.6 is 34.9 Å². The molecule has 22 heavy (non-hydrogen) atoms. The molecule has 0 aliphatic carbocycles. The molecule has 0 aromatic carbocycles. The smallest absolute Gasteiger partial charge is 0.235 e. The number of carbonyl (C=O) groups excluding carboxylic acids is 1. The number of hydrogen-bond acceptors (Lipinski definition) is 6. The van der Waals surface area contributed by atoms with Crippen LogP contribution in [0.3, 0.4) is 0 Å². The summed E-state index contributed by atoms with van der Waals surface area (Å²) < 4.78 is 1.82. The highest BCUT2D eigenvalue weighted by atomic mass is 32.2. The summed E-state index contributed by atoms with van der Waals surface area (Å²) in [5.41, 5.74) is 1.12. The molecule has 0 radical (unpaired) electrons. The Balaban J connectivity index is 1.86. The van der Waals surface area contributed by atoms with E-state index < -0.39 is 0 Å². The Morgan fingerprint density at radius 1 is 1.27 bits per heavy atom. The van der Waals surface area contributed by atoms with Gasteiger partial charge in [-0.3, -0.25) is 4.79 Å². The number of nitrogens with zero attached hydrogens (tertiary/aromatic N) is 3. The van der Waals surface area contributed by atoms with Gasteiger partial charge in [0, 0.05) is 18.8 Å². The van der Waals surface area contributed by atoms with Crippen molar-refractivity contribution in [2.24, 2.45) is 0 Å². The molecule has 2 rings (SSSR count). The first-order valence-electron chi connectivity index (χ1n) is 7.62. The van der Waals surface area contributed by atoms with Gasteiger partial charge in [0.05, 0.1) is 5.25 Å². The molecule has 1 aromatic heterocycles. The second-order valence-electron chi connectivity index (χ2n) is 5.58. The fourth-order valence-corrected chi connectivity index (χ4v) is 5.33. The number of hydrogen-bond donors (Lipinski definition) is 0. The largest absolute Gasteiger partial charge is 0.342 e. The third kappa shape index (κ3) is 5.59. The van der Waals surface area contributed by atoms with Crippen molar-refractivity contribution < 1.29 is 4.79 Å². The molecule has 122 valence electrons. The van der Waals surface area contributed by atoms with E-state index in [9.17, 15) is 4.79 Å². The molecule has 1 aliphatic heterocycles. The second-order valence-corrected chi connectivity index (χ2v) is 9.37. The Morgan fingerprint density at radius 3 is 2.55 bits per heavy atom. The Morgan fingerprint density at radius 2 is 1.91 bits per heavy atom. The first-order valence-corrected chi connectivity index (χ1v) is 10.3. The minimum atomic E-state index is -0.0926. The highest BCUT2D eigenvalue weighted by Crippen LogP contribution is 2.32. The average molecular weight is 358 g/mol. The highest BCUT2D eigenvalue weighted by Gasteiger charge is 2.23. The van der Waals surface area contributed by atoms with Crippen LogP contribution in [0.4, 0.5) is 0 Å². The van der Waals surface area contributed by atoms with Crippen molar-refractivity contribution in [3.63, 3.8) is 0 Å². The molecule has 1 atom stereocenters. The van der Waals surface area contributed by atoms with Crippen molar-refractivity contribution in [1.82, 2.24) is 15.1 Å². The molecular weight excluding hydrogens is 334 g/mol. The Bertz CT molecular complexity index is 510. The minimum absolute atomic E-state index is 0.0926. The molecule has 1 aromatic rings. The third-order valence-electron chi connectivity index (χ3n) is 3.37. The topological polar surface area (TPSA) is 46.1 Å². The summed E-state index contributed by atoms with van der Waals surface area (Å²) in [5, 5.41) is 8.27. The molecule has 1 saturated heterocycles. The normalized spacial score (nSPS) is 17.1. The predicted molar refractivity (Wildman–Crippen MR) is 95.8 cm³/mol. The van der Waals surface area contributed by atoms with Gasteiger partial charge < -0.3 is 4.90 Å². The van der Waals surface area contributed by atoms with E-state index in [1.807, 2.05) is 18.7 Å². The van der Waals surface area contributed by atoms with Gasteiger partial charge in [0.25, 0.3) is 0 Å². The lowest BCUT2D eigenvalue weighted by Gasteiger charge is -2.23. The number of likely N-dealkylation sites (tertiary alicyclic amines) is 1. The molecule has 0 bridgehead atoms. The summed E-state index contributed by atoms with van der Waals surface area (Å²) in [6, 6.07) is 0. The highest BCUT2D eigenvalue weighted by molar-refractivity contribution is 8.04. The predicted octanol–water partition coefficient (Wildman–Crippen LogP) is 4.09. The lowest BCUT2D eigenvalue weighted by Crippen LogP contribution is -2.37. The monoisotopic (exact) mass is 357 g/mol. The number of amides is 1. The summed E-state index contributed by atoms with van der Waals surface area (Å²) in [4.78, 5) is 14.5. The summed E-state index contributed by atoms with van der Waals surface area (Å²) in [6.45, 7) is 9.67. The van der Waals surface area contributed by atoms with Crippen molar-refractivity contribution in [2.75, 3.05) is 18.8 Å². The van der Waals surface area contributed by atoms with Crippen LogP contribution in [0, 0.1) is 0 Å². The molecule has 1 fully saturated rings. The molecule has 0 N–H and O–H groups in total. The van der Waals surface area contributed by atoms with E-state index in [1.165, 1.54) is 24.6 Å². The van der Waals surface area contributed by atoms with Crippen LogP contribution in [0.5, 0.6) is 0 Å². The minimum Gasteiger partial charge on any atom is -0.342 e. The fourth-order valence-electron chi connectivity index (χ4n) is 2.24. The first-order chi connectivity index (χ1) is 10.6. The van der Waals surface area contributed by atoms with Crippen LogP contribution in [0.1, 0.15) is 39.5 Å². The van der Waals surface area contributed by atoms with Gasteiger partial charge in [0.15, 0.2) is 8.68 Å². The molecule has 2 heterocycles. The number of aromatic nitrogens is 2. The molecule has 4 nitrogen and oxygen atoms in total. The molecule has 1 amide bonds. The first kappa shape index (κ1) is 17.8. The van der Waals surface area contributed by atoms with Gasteiger partial charge in [0.1, 0.15) is 0 Å². The van der Waals surface area contributed by atoms with Gasteiger partial charge in [0.2, 0.25) is 5.91 Å². The summed E-state index contributed by atoms with van der Waals surface area (Å²) >= 11 is 4.74. The van der Waals surface area contributed by atoms with Gasteiger partial charge in [-0.2, -0.15) is 0 Å². The fraction of sp³-hybridized carbons (Fsp3) is 0.667. The molecule has 0 unspecified atom stereocenters. The van der Waals surface area contributed by atoms with Crippen LogP contribution in [-0.2, 0) is 4.79 Å². The van der Waals surface area contributed by atoms with Gasteiger partial charge >= 0.3 is 0 Å². The van der Waals surface area contributed by atoms with E-state index in [-0.39, 0.29) is 11.2 Å². The van der Waals surface area contributed by atoms with E-state index in [0.717, 1.165) is 45.9 Å². The number of rotatable bonds is 6. The van der Waals surface area contributed by atoms with Gasteiger partial charge in [-0.15, -0.1) is 10.2 Å². The third-order valence-corrected chi connectivity index (χ3v) is 6.83. The lowest BCUT2D eigenvalue weighted by atomic mass is 10.2. The Labute approximate surface area is 145 Å². The average Bonchev–Trinajstić information content (AvgIpc) is 2.75. The number of thioether (sulfide) groups is 2. The zero-order chi connectivity index (χ0) is 15.9. The maximum atomic E-state index is 12.5. The van der Waals surface area contributed by atoms with Crippen molar-refractivity contribution in [1.29, 1.82) is 0 Å². The SMILES string of the molecule is C=C(C)CSc1nnc(S[C@H](C)C(=O)N2CCCCCC2)s1. The van der Waals surface area contributed by atoms with Crippen LogP contribution in [0.15, 0.2) is 20.8 Å². The molecular formula is C15H23N3OS3. The van der Waals surface area contributed by atoms with E-state index in [0.29, 0.717) is 0 Å². The van der Waals surface area contributed by atoms with Crippen LogP contribution in [-0.4, -0.2) is 45.1 Å². The van der Waals surface area contributed by atoms with Crippen molar-refractivity contribution in [3.8, 4) is 0 Å². The molecule has 0 spiro atoms. The standard InChI is InChI=1S/C15H23N3OS3/c1-11(2)10-20-14-16-17-15(22-14)21-12(3)13(19)18-8-6-4-5-7-9-18/h12H,1,4-10H2,2-3H3/t12-/m1/s1. The van der Waals surface area contributed by atoms with Crippen molar-refractivity contribution >= 4 is 40.8 Å². The zero-order valence-electron chi connectivity index (χ0n) is 13.2. The van der Waals surface area contributed by atoms with E-state index in [2.05, 4.69) is 16.8 Å².